The molecule has 1 heterocycles. The maximum Gasteiger partial charge on any atom is 0.0617 e. The van der Waals surface area contributed by atoms with E-state index in [4.69, 9.17) is 4.74 Å². The number of aryl methyl sites for hydroxylation is 1. The Morgan fingerprint density at radius 1 is 1.25 bits per heavy atom. The summed E-state index contributed by atoms with van der Waals surface area (Å²) in [6.07, 6.45) is 6.38. The van der Waals surface area contributed by atoms with Gasteiger partial charge in [0.05, 0.1) is 6.10 Å². The molecule has 2 heteroatoms. The van der Waals surface area contributed by atoms with Gasteiger partial charge in [-0.1, -0.05) is 39.3 Å². The predicted molar refractivity (Wildman–Crippen MR) is 86.3 cm³/mol. The molecular formula is C18H29NO. The van der Waals surface area contributed by atoms with Crippen molar-refractivity contribution in [2.24, 2.45) is 5.92 Å². The Hall–Kier alpha value is -1.02. The fourth-order valence-corrected chi connectivity index (χ4v) is 2.81. The normalized spacial score (nSPS) is 23.0. The van der Waals surface area contributed by atoms with Gasteiger partial charge in [-0.25, -0.2) is 0 Å². The van der Waals surface area contributed by atoms with Gasteiger partial charge in [-0.15, -0.1) is 0 Å². The summed E-state index contributed by atoms with van der Waals surface area (Å²) in [6.45, 7) is 7.62. The Morgan fingerprint density at radius 2 is 2.00 bits per heavy atom. The zero-order valence-corrected chi connectivity index (χ0v) is 13.2. The maximum absolute atomic E-state index is 5.83. The van der Waals surface area contributed by atoms with Crippen molar-refractivity contribution >= 4 is 5.69 Å². The Bertz CT molecular complexity index is 385. The fraction of sp³-hybridized carbons (Fsp3) is 0.667. The molecule has 0 aromatic heterocycles. The highest BCUT2D eigenvalue weighted by atomic mass is 16.5. The summed E-state index contributed by atoms with van der Waals surface area (Å²) in [4.78, 5) is 0. The lowest BCUT2D eigenvalue weighted by molar-refractivity contribution is -0.0160. The van der Waals surface area contributed by atoms with E-state index in [0.717, 1.165) is 19.4 Å². The number of hydrogen-bond acceptors (Lipinski definition) is 2. The van der Waals surface area contributed by atoms with Gasteiger partial charge in [-0.3, -0.25) is 0 Å². The summed E-state index contributed by atoms with van der Waals surface area (Å²) in [6, 6.07) is 9.53. The Labute approximate surface area is 123 Å². The van der Waals surface area contributed by atoms with Crippen LogP contribution in [-0.4, -0.2) is 18.8 Å². The Balaban J connectivity index is 1.86. The van der Waals surface area contributed by atoms with E-state index in [9.17, 15) is 0 Å². The lowest BCUT2D eigenvalue weighted by Gasteiger charge is -2.33. The van der Waals surface area contributed by atoms with Crippen molar-refractivity contribution in [3.05, 3.63) is 29.8 Å². The molecule has 0 radical (unpaired) electrons. The third-order valence-electron chi connectivity index (χ3n) is 4.20. The van der Waals surface area contributed by atoms with E-state index in [1.165, 1.54) is 30.5 Å². The first-order chi connectivity index (χ1) is 9.69. The molecule has 1 aliphatic rings. The molecule has 2 unspecified atom stereocenters. The van der Waals surface area contributed by atoms with E-state index in [2.05, 4.69) is 50.4 Å². The first kappa shape index (κ1) is 15.4. The van der Waals surface area contributed by atoms with Crippen LogP contribution >= 0.6 is 0 Å². The van der Waals surface area contributed by atoms with Crippen LogP contribution in [0.3, 0.4) is 0 Å². The maximum atomic E-state index is 5.83. The van der Waals surface area contributed by atoms with E-state index in [1.54, 1.807) is 0 Å². The highest BCUT2D eigenvalue weighted by Crippen LogP contribution is 2.23. The van der Waals surface area contributed by atoms with Gasteiger partial charge < -0.3 is 10.1 Å². The lowest BCUT2D eigenvalue weighted by atomic mass is 9.95. The van der Waals surface area contributed by atoms with Crippen LogP contribution in [0.5, 0.6) is 0 Å². The molecule has 2 atom stereocenters. The molecule has 1 aromatic rings. The third-order valence-corrected chi connectivity index (χ3v) is 4.20. The van der Waals surface area contributed by atoms with Gasteiger partial charge in [0.1, 0.15) is 0 Å². The molecule has 0 saturated carbocycles. The molecule has 1 aromatic carbocycles. The molecule has 20 heavy (non-hydrogen) atoms. The zero-order chi connectivity index (χ0) is 14.4. The molecule has 1 saturated heterocycles. The molecular weight excluding hydrogens is 246 g/mol. The zero-order valence-electron chi connectivity index (χ0n) is 13.2. The van der Waals surface area contributed by atoms with E-state index in [0.29, 0.717) is 18.1 Å². The fourth-order valence-electron chi connectivity index (χ4n) is 2.81. The lowest BCUT2D eigenvalue weighted by Crippen LogP contribution is -2.36. The number of nitrogens with one attached hydrogen (secondary N) is 1. The number of rotatable bonds is 6. The van der Waals surface area contributed by atoms with Crippen LogP contribution in [0, 0.1) is 5.92 Å². The highest BCUT2D eigenvalue weighted by molar-refractivity contribution is 5.45. The standard InChI is InChI=1S/C18H29NO/c1-4-5-6-15-7-9-16(10-8-15)19-17-11-12-20-18(13-17)14(2)3/h7-10,14,17-19H,4-6,11-13H2,1-3H3. The Kier molecular flexibility index (Phi) is 5.90. The van der Waals surface area contributed by atoms with Gasteiger partial charge in [0.2, 0.25) is 0 Å². The topological polar surface area (TPSA) is 21.3 Å². The van der Waals surface area contributed by atoms with Crippen LogP contribution in [0.25, 0.3) is 0 Å². The molecule has 0 spiro atoms. The van der Waals surface area contributed by atoms with E-state index >= 15 is 0 Å². The van der Waals surface area contributed by atoms with Crippen molar-refractivity contribution in [1.29, 1.82) is 0 Å². The van der Waals surface area contributed by atoms with Crippen molar-refractivity contribution in [3.63, 3.8) is 0 Å². The SMILES string of the molecule is CCCCc1ccc(NC2CCOC(C(C)C)C2)cc1. The van der Waals surface area contributed by atoms with E-state index in [-0.39, 0.29) is 0 Å². The minimum absolute atomic E-state index is 0.407. The molecule has 1 fully saturated rings. The Morgan fingerprint density at radius 3 is 2.65 bits per heavy atom. The first-order valence-electron chi connectivity index (χ1n) is 8.16. The van der Waals surface area contributed by atoms with Crippen LogP contribution in [0.1, 0.15) is 52.0 Å². The number of anilines is 1. The summed E-state index contributed by atoms with van der Waals surface area (Å²) in [5.41, 5.74) is 2.70. The number of hydrogen-bond donors (Lipinski definition) is 1. The second-order valence-electron chi connectivity index (χ2n) is 6.32. The smallest absolute Gasteiger partial charge is 0.0617 e. The van der Waals surface area contributed by atoms with Crippen LogP contribution in [0.15, 0.2) is 24.3 Å². The second kappa shape index (κ2) is 7.68. The monoisotopic (exact) mass is 275 g/mol. The second-order valence-corrected chi connectivity index (χ2v) is 6.32. The van der Waals surface area contributed by atoms with Gasteiger partial charge in [-0.05, 0) is 49.3 Å². The average Bonchev–Trinajstić information content (AvgIpc) is 2.47. The summed E-state index contributed by atoms with van der Waals surface area (Å²) < 4.78 is 5.83. The van der Waals surface area contributed by atoms with Crippen LogP contribution in [0.4, 0.5) is 5.69 Å². The van der Waals surface area contributed by atoms with Gasteiger partial charge in [0, 0.05) is 18.3 Å². The molecule has 0 amide bonds. The van der Waals surface area contributed by atoms with Crippen LogP contribution in [-0.2, 0) is 11.2 Å². The average molecular weight is 275 g/mol. The van der Waals surface area contributed by atoms with Gasteiger partial charge >= 0.3 is 0 Å². The molecule has 1 N–H and O–H groups in total. The minimum Gasteiger partial charge on any atom is -0.382 e. The van der Waals surface area contributed by atoms with Crippen LogP contribution < -0.4 is 5.32 Å². The van der Waals surface area contributed by atoms with Crippen molar-refractivity contribution in [1.82, 2.24) is 0 Å². The molecule has 0 aliphatic carbocycles. The summed E-state index contributed by atoms with van der Waals surface area (Å²) in [7, 11) is 0. The summed E-state index contributed by atoms with van der Waals surface area (Å²) in [5, 5.41) is 3.67. The first-order valence-corrected chi connectivity index (χ1v) is 8.16. The van der Waals surface area contributed by atoms with Crippen molar-refractivity contribution in [3.8, 4) is 0 Å². The number of benzene rings is 1. The van der Waals surface area contributed by atoms with Gasteiger partial charge in [-0.2, -0.15) is 0 Å². The summed E-state index contributed by atoms with van der Waals surface area (Å²) in [5.74, 6) is 0.607. The van der Waals surface area contributed by atoms with Crippen molar-refractivity contribution in [2.75, 3.05) is 11.9 Å². The molecule has 2 nitrogen and oxygen atoms in total. The summed E-state index contributed by atoms with van der Waals surface area (Å²) >= 11 is 0. The van der Waals surface area contributed by atoms with Crippen molar-refractivity contribution < 1.29 is 4.74 Å². The quantitative estimate of drug-likeness (QED) is 0.816. The molecule has 112 valence electrons. The molecule has 1 aliphatic heterocycles. The van der Waals surface area contributed by atoms with E-state index < -0.39 is 0 Å². The predicted octanol–water partition coefficient (Wildman–Crippen LogP) is 4.64. The molecule has 0 bridgehead atoms. The van der Waals surface area contributed by atoms with Gasteiger partial charge in [0.25, 0.3) is 0 Å². The van der Waals surface area contributed by atoms with Crippen molar-refractivity contribution in [2.45, 2.75) is 65.0 Å². The molecule has 2 rings (SSSR count). The number of ether oxygens (including phenoxy) is 1. The van der Waals surface area contributed by atoms with Crippen LogP contribution in [0.2, 0.25) is 0 Å². The third kappa shape index (κ3) is 4.52. The van der Waals surface area contributed by atoms with Gasteiger partial charge in [0.15, 0.2) is 0 Å². The number of unbranched alkanes of at least 4 members (excludes halogenated alkanes) is 1. The van der Waals surface area contributed by atoms with E-state index in [1.807, 2.05) is 0 Å². The largest absolute Gasteiger partial charge is 0.382 e. The minimum atomic E-state index is 0.407. The highest BCUT2D eigenvalue weighted by Gasteiger charge is 2.24.